The lowest BCUT2D eigenvalue weighted by Gasteiger charge is -2.24. The van der Waals surface area contributed by atoms with Crippen LogP contribution in [-0.2, 0) is 14.6 Å². The van der Waals surface area contributed by atoms with Crippen molar-refractivity contribution in [3.8, 4) is 0 Å². The fourth-order valence-electron chi connectivity index (χ4n) is 2.09. The Labute approximate surface area is 112 Å². The van der Waals surface area contributed by atoms with Crippen molar-refractivity contribution in [2.75, 3.05) is 23.9 Å². The van der Waals surface area contributed by atoms with Gasteiger partial charge in [-0.1, -0.05) is 6.07 Å². The Balaban J connectivity index is 2.28. The van der Waals surface area contributed by atoms with Crippen LogP contribution in [0.2, 0.25) is 0 Å². The zero-order valence-corrected chi connectivity index (χ0v) is 11.5. The van der Waals surface area contributed by atoms with Gasteiger partial charge < -0.3 is 16.4 Å². The van der Waals surface area contributed by atoms with Gasteiger partial charge in [0.2, 0.25) is 5.91 Å². The van der Waals surface area contributed by atoms with Gasteiger partial charge in [-0.15, -0.1) is 0 Å². The molecule has 104 valence electrons. The van der Waals surface area contributed by atoms with Crippen LogP contribution in [0.25, 0.3) is 0 Å². The minimum Gasteiger partial charge on any atom is -0.396 e. The zero-order valence-electron chi connectivity index (χ0n) is 10.6. The minimum absolute atomic E-state index is 0.0775. The lowest BCUT2D eigenvalue weighted by molar-refractivity contribution is -0.123. The van der Waals surface area contributed by atoms with Gasteiger partial charge in [0.25, 0.3) is 0 Å². The average Bonchev–Trinajstić information content (AvgIpc) is 2.33. The van der Waals surface area contributed by atoms with Crippen LogP contribution in [0.4, 0.5) is 11.4 Å². The summed E-state index contributed by atoms with van der Waals surface area (Å²) in [6.07, 6.45) is 2.69. The first-order valence-electron chi connectivity index (χ1n) is 6.02. The van der Waals surface area contributed by atoms with Crippen LogP contribution in [0.15, 0.2) is 23.1 Å². The molecule has 1 saturated heterocycles. The standard InChI is InChI=1S/C12H17N3O3S/c1-19(17,18)10-6-2-4-8(11(10)13)15-9-5-3-7-14-12(9)16/h2,4,6,9,15H,3,5,7,13H2,1H3,(H,14,16). The van der Waals surface area contributed by atoms with Crippen molar-refractivity contribution in [3.05, 3.63) is 18.2 Å². The molecule has 0 radical (unpaired) electrons. The molecule has 19 heavy (non-hydrogen) atoms. The van der Waals surface area contributed by atoms with Gasteiger partial charge in [0.15, 0.2) is 9.84 Å². The summed E-state index contributed by atoms with van der Waals surface area (Å²) in [5.74, 6) is -0.0876. The van der Waals surface area contributed by atoms with Crippen LogP contribution < -0.4 is 16.4 Å². The molecule has 1 amide bonds. The first kappa shape index (κ1) is 13.7. The molecule has 1 aliphatic rings. The molecule has 1 atom stereocenters. The number of para-hydroxylation sites is 1. The molecule has 1 aromatic carbocycles. The van der Waals surface area contributed by atoms with Crippen molar-refractivity contribution >= 4 is 27.1 Å². The number of hydrogen-bond acceptors (Lipinski definition) is 5. The molecule has 1 heterocycles. The highest BCUT2D eigenvalue weighted by Gasteiger charge is 2.23. The third-order valence-corrected chi connectivity index (χ3v) is 4.24. The largest absolute Gasteiger partial charge is 0.396 e. The number of anilines is 2. The molecule has 7 heteroatoms. The van der Waals surface area contributed by atoms with Gasteiger partial charge in [0.05, 0.1) is 16.3 Å². The fourth-order valence-corrected chi connectivity index (χ4v) is 2.93. The maximum absolute atomic E-state index is 11.7. The van der Waals surface area contributed by atoms with Crippen molar-refractivity contribution < 1.29 is 13.2 Å². The van der Waals surface area contributed by atoms with Crippen LogP contribution in [0.3, 0.4) is 0 Å². The second-order valence-corrected chi connectivity index (χ2v) is 6.60. The van der Waals surface area contributed by atoms with E-state index in [1.165, 1.54) is 6.07 Å². The fraction of sp³-hybridized carbons (Fsp3) is 0.417. The number of carbonyl (C=O) groups is 1. The van der Waals surface area contributed by atoms with Crippen molar-refractivity contribution in [1.29, 1.82) is 0 Å². The lowest BCUT2D eigenvalue weighted by atomic mass is 10.1. The normalized spacial score (nSPS) is 19.8. The molecular weight excluding hydrogens is 266 g/mol. The first-order chi connectivity index (χ1) is 8.89. The van der Waals surface area contributed by atoms with E-state index in [1.807, 2.05) is 0 Å². The van der Waals surface area contributed by atoms with Crippen LogP contribution in [0.5, 0.6) is 0 Å². The van der Waals surface area contributed by atoms with Crippen molar-refractivity contribution in [2.45, 2.75) is 23.8 Å². The Morgan fingerprint density at radius 3 is 2.79 bits per heavy atom. The van der Waals surface area contributed by atoms with E-state index in [-0.39, 0.29) is 22.5 Å². The maximum atomic E-state index is 11.7. The molecule has 1 aromatic rings. The topological polar surface area (TPSA) is 101 Å². The van der Waals surface area contributed by atoms with E-state index >= 15 is 0 Å². The molecule has 0 aromatic heterocycles. The molecule has 1 unspecified atom stereocenters. The Morgan fingerprint density at radius 1 is 1.42 bits per heavy atom. The highest BCUT2D eigenvalue weighted by Crippen LogP contribution is 2.27. The van der Waals surface area contributed by atoms with E-state index in [0.717, 1.165) is 12.7 Å². The SMILES string of the molecule is CS(=O)(=O)c1cccc(NC2CCCNC2=O)c1N. The van der Waals surface area contributed by atoms with E-state index in [9.17, 15) is 13.2 Å². The molecule has 0 spiro atoms. The molecular formula is C12H17N3O3S. The summed E-state index contributed by atoms with van der Waals surface area (Å²) in [5.41, 5.74) is 6.49. The van der Waals surface area contributed by atoms with Gasteiger partial charge in [-0.25, -0.2) is 8.42 Å². The molecule has 6 nitrogen and oxygen atoms in total. The summed E-state index contributed by atoms with van der Waals surface area (Å²) in [4.78, 5) is 11.7. The summed E-state index contributed by atoms with van der Waals surface area (Å²) >= 11 is 0. The predicted octanol–water partition coefficient (Wildman–Crippen LogP) is 0.363. The Kier molecular flexibility index (Phi) is 3.66. The molecule has 2 rings (SSSR count). The summed E-state index contributed by atoms with van der Waals surface area (Å²) < 4.78 is 23.2. The number of sulfone groups is 1. The van der Waals surface area contributed by atoms with Crippen LogP contribution >= 0.6 is 0 Å². The number of nitrogens with two attached hydrogens (primary N) is 1. The summed E-state index contributed by atoms with van der Waals surface area (Å²) in [7, 11) is -3.38. The van der Waals surface area contributed by atoms with Crippen LogP contribution in [0.1, 0.15) is 12.8 Å². The second-order valence-electron chi connectivity index (χ2n) is 4.62. The van der Waals surface area contributed by atoms with Gasteiger partial charge in [-0.2, -0.15) is 0 Å². The third kappa shape index (κ3) is 2.98. The quantitative estimate of drug-likeness (QED) is 0.695. The highest BCUT2D eigenvalue weighted by atomic mass is 32.2. The summed E-state index contributed by atoms with van der Waals surface area (Å²) in [5, 5.41) is 5.77. The van der Waals surface area contributed by atoms with Crippen LogP contribution in [-0.4, -0.2) is 33.2 Å². The van der Waals surface area contributed by atoms with Gasteiger partial charge in [0.1, 0.15) is 6.04 Å². The number of nitrogen functional groups attached to an aromatic ring is 1. The highest BCUT2D eigenvalue weighted by molar-refractivity contribution is 7.90. The Hall–Kier alpha value is -1.76. The Morgan fingerprint density at radius 2 is 2.16 bits per heavy atom. The number of rotatable bonds is 3. The zero-order chi connectivity index (χ0) is 14.0. The molecule has 1 fully saturated rings. The van der Waals surface area contributed by atoms with E-state index in [2.05, 4.69) is 10.6 Å². The summed E-state index contributed by atoms with van der Waals surface area (Å²) in [6.45, 7) is 0.676. The average molecular weight is 283 g/mol. The molecule has 4 N–H and O–H groups in total. The van der Waals surface area contributed by atoms with E-state index in [4.69, 9.17) is 5.73 Å². The smallest absolute Gasteiger partial charge is 0.242 e. The van der Waals surface area contributed by atoms with Crippen molar-refractivity contribution in [1.82, 2.24) is 5.32 Å². The number of piperidine rings is 1. The second kappa shape index (κ2) is 5.08. The van der Waals surface area contributed by atoms with Gasteiger partial charge in [0, 0.05) is 12.8 Å². The van der Waals surface area contributed by atoms with E-state index in [1.54, 1.807) is 12.1 Å². The van der Waals surface area contributed by atoms with Gasteiger partial charge in [-0.3, -0.25) is 4.79 Å². The lowest BCUT2D eigenvalue weighted by Crippen LogP contribution is -2.44. The molecule has 0 bridgehead atoms. The predicted molar refractivity (Wildman–Crippen MR) is 73.6 cm³/mol. The van der Waals surface area contributed by atoms with Gasteiger partial charge >= 0.3 is 0 Å². The third-order valence-electron chi connectivity index (χ3n) is 3.08. The number of nitrogens with one attached hydrogen (secondary N) is 2. The number of carbonyl (C=O) groups excluding carboxylic acids is 1. The Bertz CT molecular complexity index is 598. The molecule has 1 aliphatic heterocycles. The van der Waals surface area contributed by atoms with Gasteiger partial charge in [-0.05, 0) is 25.0 Å². The summed E-state index contributed by atoms with van der Waals surface area (Å²) in [6, 6.07) is 4.37. The van der Waals surface area contributed by atoms with E-state index in [0.29, 0.717) is 18.7 Å². The maximum Gasteiger partial charge on any atom is 0.242 e. The molecule has 0 aliphatic carbocycles. The number of amides is 1. The van der Waals surface area contributed by atoms with Crippen molar-refractivity contribution in [2.24, 2.45) is 0 Å². The number of hydrogen-bond donors (Lipinski definition) is 3. The number of benzene rings is 1. The first-order valence-corrected chi connectivity index (χ1v) is 7.91. The minimum atomic E-state index is -3.38. The molecule has 0 saturated carbocycles. The van der Waals surface area contributed by atoms with Crippen LogP contribution in [0, 0.1) is 0 Å². The van der Waals surface area contributed by atoms with E-state index < -0.39 is 9.84 Å². The monoisotopic (exact) mass is 283 g/mol. The van der Waals surface area contributed by atoms with Crippen molar-refractivity contribution in [3.63, 3.8) is 0 Å².